The lowest BCUT2D eigenvalue weighted by molar-refractivity contribution is -0.157. The number of carboxylic acids is 1. The fraction of sp³-hybridized carbons (Fsp3) is 0.392. The van der Waals surface area contributed by atoms with Crippen molar-refractivity contribution in [2.24, 2.45) is 11.0 Å². The number of carboxylic acid groups (broad SMARTS) is 1. The van der Waals surface area contributed by atoms with Crippen LogP contribution < -0.4 is 37.2 Å². The van der Waals surface area contributed by atoms with Crippen molar-refractivity contribution >= 4 is 81.6 Å². The third-order valence-electron chi connectivity index (χ3n) is 16.2. The van der Waals surface area contributed by atoms with E-state index in [-0.39, 0.29) is 37.1 Å². The number of rotatable bonds is 40. The van der Waals surface area contributed by atoms with Crippen molar-refractivity contribution in [3.05, 3.63) is 197 Å². The number of nitrogens with one attached hydrogen (secondary N) is 8. The molecular formula is C74H89N11O14. The highest BCUT2D eigenvalue weighted by Gasteiger charge is 2.41. The molecule has 25 nitrogen and oxygen atoms in total. The number of hydrogen-bond acceptors (Lipinski definition) is 14. The standard InChI is InChI=1S/C74H89N11O14/c1-7-9-11-12-13-14-24-39-63(88)78-58(42-49-46-76-55-37-27-25-35-53(49)55)68(93)79-59(44-64(89)83-74(50-29-18-15-19-30-50,51-31-20-16-21-32-51)52-33-22-17-23-34-52)69(94)80-60(45-66(92)99-73(4,5)6)70(95)82-67(71(96)77-47-65(90)91)48(3)41-62(87)57(81-72(97)98-40-10-8-2)43-61(86)54-36-26-28-38-56(54)84-85-75/h8,15-23,25-38,46,48,57-60,67,76H,2,7,9-14,24,39-45,47H2,1,3-6H3,(H,77,96)(H,78,88)(H,79,93)(H,80,94)(H,81,97)(H,82,95)(H,83,89)(H,90,91). The summed E-state index contributed by atoms with van der Waals surface area (Å²) in [6.07, 6.45) is 5.40. The molecule has 0 spiro atoms. The molecule has 6 aromatic rings. The molecule has 0 saturated heterocycles. The predicted molar refractivity (Wildman–Crippen MR) is 371 cm³/mol. The second kappa shape index (κ2) is 38.7. The number of azide groups is 1. The second-order valence-corrected chi connectivity index (χ2v) is 25.1. The number of ether oxygens (including phenoxy) is 2. The molecule has 9 N–H and O–H groups in total. The lowest BCUT2D eigenvalue weighted by atomic mass is 9.77. The van der Waals surface area contributed by atoms with E-state index in [4.69, 9.17) is 9.47 Å². The van der Waals surface area contributed by atoms with Gasteiger partial charge in [0, 0.05) is 58.9 Å². The number of amides is 7. The number of alkyl carbamates (subject to hydrolysis) is 1. The van der Waals surface area contributed by atoms with Crippen LogP contribution in [-0.4, -0.2) is 124 Å². The number of aromatic amines is 1. The number of benzene rings is 5. The molecule has 0 fully saturated rings. The van der Waals surface area contributed by atoms with Crippen molar-refractivity contribution in [3.8, 4) is 0 Å². The van der Waals surface area contributed by atoms with Gasteiger partial charge in [0.2, 0.25) is 35.4 Å². The van der Waals surface area contributed by atoms with Gasteiger partial charge in [-0.2, -0.15) is 0 Å². The number of aromatic nitrogens is 1. The Labute approximate surface area is 575 Å². The lowest BCUT2D eigenvalue weighted by Crippen LogP contribution is -2.60. The van der Waals surface area contributed by atoms with Crippen molar-refractivity contribution in [2.75, 3.05) is 13.2 Å². The molecule has 0 aliphatic rings. The van der Waals surface area contributed by atoms with Gasteiger partial charge >= 0.3 is 18.0 Å². The Morgan fingerprint density at radius 2 is 1.18 bits per heavy atom. The molecule has 0 aliphatic heterocycles. The molecule has 0 bridgehead atoms. The average Bonchev–Trinajstić information content (AvgIpc) is 1.28. The Bertz CT molecular complexity index is 3720. The number of aliphatic carboxylic acids is 1. The molecule has 1 heterocycles. The molecule has 1 aromatic heterocycles. The van der Waals surface area contributed by atoms with E-state index in [0.717, 1.165) is 49.4 Å². The molecule has 25 heteroatoms. The number of esters is 1. The van der Waals surface area contributed by atoms with E-state index in [1.807, 2.05) is 60.7 Å². The summed E-state index contributed by atoms with van der Waals surface area (Å²) in [5, 5.41) is 32.3. The van der Waals surface area contributed by atoms with Gasteiger partial charge in [-0.1, -0.05) is 197 Å². The average molecular weight is 1360 g/mol. The van der Waals surface area contributed by atoms with Crippen LogP contribution in [0, 0.1) is 5.92 Å². The minimum atomic E-state index is -2.04. The lowest BCUT2D eigenvalue weighted by Gasteiger charge is -2.37. The van der Waals surface area contributed by atoms with E-state index in [9.17, 15) is 44.2 Å². The largest absolute Gasteiger partial charge is 0.480 e. The minimum absolute atomic E-state index is 0.0687. The Kier molecular flexibility index (Phi) is 30.1. The number of carbonyl (C=O) groups excluding carboxylic acids is 10. The normalized spacial score (nSPS) is 13.0. The summed E-state index contributed by atoms with van der Waals surface area (Å²) < 4.78 is 10.8. The molecule has 6 rings (SSSR count). The summed E-state index contributed by atoms with van der Waals surface area (Å²) >= 11 is 0. The SMILES string of the molecule is C=CCCOC(=O)NC(CC(=O)c1ccccc1N=[N+]=[N-])C(=O)CC(C)C(NC(=O)C(CC(=O)OC(C)(C)C)NC(=O)C(CC(=O)NC(c1ccccc1)(c1ccccc1)c1ccccc1)NC(=O)C(Cc1c[nH]c2ccccc12)NC(=O)CCCCCCCCC)C(=O)NCC(=O)O. The summed E-state index contributed by atoms with van der Waals surface area (Å²) in [6.45, 7) is 10.5. The Morgan fingerprint density at radius 1 is 0.626 bits per heavy atom. The quantitative estimate of drug-likeness (QED) is 0.00253. The molecule has 99 heavy (non-hydrogen) atoms. The van der Waals surface area contributed by atoms with Crippen molar-refractivity contribution in [1.29, 1.82) is 0 Å². The Hall–Kier alpha value is -10.9. The van der Waals surface area contributed by atoms with Crippen molar-refractivity contribution in [1.82, 2.24) is 42.2 Å². The molecule has 6 atom stereocenters. The van der Waals surface area contributed by atoms with Crippen LogP contribution in [0.3, 0.4) is 0 Å². The van der Waals surface area contributed by atoms with E-state index in [2.05, 4.69) is 65.7 Å². The topological polar surface area (TPSA) is 375 Å². The molecule has 5 aromatic carbocycles. The fourth-order valence-electron chi connectivity index (χ4n) is 11.4. The summed E-state index contributed by atoms with van der Waals surface area (Å²) in [5.74, 6) is -11.4. The predicted octanol–water partition coefficient (Wildman–Crippen LogP) is 9.70. The highest BCUT2D eigenvalue weighted by Crippen LogP contribution is 2.37. The highest BCUT2D eigenvalue weighted by molar-refractivity contribution is 6.04. The van der Waals surface area contributed by atoms with Gasteiger partial charge in [0.05, 0.1) is 25.5 Å². The van der Waals surface area contributed by atoms with Gasteiger partial charge < -0.3 is 56.8 Å². The number of carbonyl (C=O) groups is 11. The first-order chi connectivity index (χ1) is 47.5. The number of fused-ring (bicyclic) bond motifs is 1. The summed E-state index contributed by atoms with van der Waals surface area (Å²) in [5.41, 5.74) is 9.56. The van der Waals surface area contributed by atoms with E-state index in [0.29, 0.717) is 28.7 Å². The van der Waals surface area contributed by atoms with Gasteiger partial charge in [0.25, 0.3) is 0 Å². The molecule has 6 unspecified atom stereocenters. The third kappa shape index (κ3) is 24.0. The Morgan fingerprint density at radius 3 is 1.78 bits per heavy atom. The van der Waals surface area contributed by atoms with E-state index >= 15 is 19.2 Å². The Balaban J connectivity index is 1.41. The first kappa shape index (κ1) is 77.1. The highest BCUT2D eigenvalue weighted by atomic mass is 16.6. The molecule has 0 radical (unpaired) electrons. The zero-order chi connectivity index (χ0) is 71.9. The van der Waals surface area contributed by atoms with Crippen molar-refractivity contribution in [3.63, 3.8) is 0 Å². The van der Waals surface area contributed by atoms with Gasteiger partial charge in [0.1, 0.15) is 41.9 Å². The van der Waals surface area contributed by atoms with E-state index in [1.165, 1.54) is 37.3 Å². The van der Waals surface area contributed by atoms with Crippen molar-refractivity contribution < 1.29 is 67.3 Å². The van der Waals surface area contributed by atoms with Gasteiger partial charge in [-0.3, -0.25) is 47.9 Å². The molecule has 524 valence electrons. The maximum absolute atomic E-state index is 15.5. The summed E-state index contributed by atoms with van der Waals surface area (Å²) in [4.78, 5) is 163. The van der Waals surface area contributed by atoms with Gasteiger partial charge in [-0.05, 0) is 73.4 Å². The maximum Gasteiger partial charge on any atom is 0.407 e. The zero-order valence-corrected chi connectivity index (χ0v) is 56.5. The minimum Gasteiger partial charge on any atom is -0.480 e. The first-order valence-corrected chi connectivity index (χ1v) is 33.1. The number of H-pyrrole nitrogens is 1. The first-order valence-electron chi connectivity index (χ1n) is 33.1. The van der Waals surface area contributed by atoms with Gasteiger partial charge in [-0.25, -0.2) is 4.79 Å². The zero-order valence-electron chi connectivity index (χ0n) is 56.5. The number of nitrogens with zero attached hydrogens (tertiary/aromatic N) is 3. The molecule has 0 aliphatic carbocycles. The smallest absolute Gasteiger partial charge is 0.407 e. The number of Topliss-reactive ketones (excluding diaryl/α,β-unsaturated/α-hetero) is 2. The third-order valence-corrected chi connectivity index (χ3v) is 16.2. The van der Waals surface area contributed by atoms with E-state index in [1.54, 1.807) is 81.6 Å². The number of hydrogen-bond donors (Lipinski definition) is 9. The molecule has 7 amide bonds. The monoisotopic (exact) mass is 1360 g/mol. The number of para-hydroxylation sites is 1. The van der Waals surface area contributed by atoms with Crippen LogP contribution in [0.2, 0.25) is 0 Å². The van der Waals surface area contributed by atoms with Crippen LogP contribution in [0.25, 0.3) is 21.3 Å². The molecule has 0 saturated carbocycles. The van der Waals surface area contributed by atoms with Crippen LogP contribution in [0.1, 0.15) is 151 Å². The van der Waals surface area contributed by atoms with Crippen LogP contribution in [-0.2, 0) is 64.6 Å². The van der Waals surface area contributed by atoms with Crippen LogP contribution in [0.4, 0.5) is 10.5 Å². The number of unbranched alkanes of at least 4 members (excludes halogenated alkanes) is 6. The van der Waals surface area contributed by atoms with Gasteiger partial charge in [-0.15, -0.1) is 6.58 Å². The summed E-state index contributed by atoms with van der Waals surface area (Å²) in [6, 6.07) is 31.1. The number of ketones is 2. The molecular weight excluding hydrogens is 1270 g/mol. The van der Waals surface area contributed by atoms with Gasteiger partial charge in [0.15, 0.2) is 11.6 Å². The van der Waals surface area contributed by atoms with E-state index < -0.39 is 145 Å². The van der Waals surface area contributed by atoms with Crippen molar-refractivity contribution in [2.45, 2.75) is 166 Å². The van der Waals surface area contributed by atoms with Crippen LogP contribution in [0.5, 0.6) is 0 Å². The van der Waals surface area contributed by atoms with Crippen LogP contribution >= 0.6 is 0 Å². The van der Waals surface area contributed by atoms with Crippen LogP contribution in [0.15, 0.2) is 163 Å². The fourth-order valence-corrected chi connectivity index (χ4v) is 11.4. The second-order valence-electron chi connectivity index (χ2n) is 25.1. The summed E-state index contributed by atoms with van der Waals surface area (Å²) in [7, 11) is 0. The maximum atomic E-state index is 15.5.